The average molecular weight is 312 g/mol. The summed E-state index contributed by atoms with van der Waals surface area (Å²) in [7, 11) is 0. The van der Waals surface area contributed by atoms with E-state index in [0.717, 1.165) is 17.1 Å². The summed E-state index contributed by atoms with van der Waals surface area (Å²) in [6.07, 6.45) is 5.68. The van der Waals surface area contributed by atoms with Crippen LogP contribution in [-0.2, 0) is 11.3 Å². The van der Waals surface area contributed by atoms with Crippen LogP contribution in [0.15, 0.2) is 28.7 Å². The fourth-order valence-electron chi connectivity index (χ4n) is 2.37. The predicted octanol–water partition coefficient (Wildman–Crippen LogP) is 3.89. The van der Waals surface area contributed by atoms with Crippen LogP contribution >= 0.6 is 15.9 Å². The summed E-state index contributed by atoms with van der Waals surface area (Å²) < 4.78 is 7.00. The van der Waals surface area contributed by atoms with Gasteiger partial charge in [-0.1, -0.05) is 47.0 Å². The molecule has 1 atom stereocenters. The Bertz CT molecular complexity index is 363. The molecule has 0 spiro atoms. The van der Waals surface area contributed by atoms with E-state index in [1.807, 2.05) is 12.1 Å². The molecule has 1 aromatic carbocycles. The SMILES string of the molecule is CC(CNC1CCCC1)OCc1ccccc1Br. The van der Waals surface area contributed by atoms with E-state index in [1.165, 1.54) is 31.2 Å². The number of benzene rings is 1. The van der Waals surface area contributed by atoms with Crippen molar-refractivity contribution in [2.45, 2.75) is 51.4 Å². The fraction of sp³-hybridized carbons (Fsp3) is 0.600. The van der Waals surface area contributed by atoms with E-state index in [4.69, 9.17) is 4.74 Å². The lowest BCUT2D eigenvalue weighted by Crippen LogP contribution is -2.33. The lowest BCUT2D eigenvalue weighted by Gasteiger charge is -2.18. The average Bonchev–Trinajstić information content (AvgIpc) is 2.88. The Hall–Kier alpha value is -0.380. The first-order valence-corrected chi connectivity index (χ1v) is 7.63. The van der Waals surface area contributed by atoms with Crippen molar-refractivity contribution in [2.75, 3.05) is 6.54 Å². The van der Waals surface area contributed by atoms with E-state index >= 15 is 0 Å². The Balaban J connectivity index is 1.68. The topological polar surface area (TPSA) is 21.3 Å². The maximum Gasteiger partial charge on any atom is 0.0732 e. The zero-order valence-electron chi connectivity index (χ0n) is 11.0. The van der Waals surface area contributed by atoms with Crippen molar-refractivity contribution in [2.24, 2.45) is 0 Å². The highest BCUT2D eigenvalue weighted by Gasteiger charge is 2.15. The molecule has 1 aliphatic carbocycles. The number of hydrogen-bond acceptors (Lipinski definition) is 2. The van der Waals surface area contributed by atoms with Gasteiger partial charge in [0, 0.05) is 17.1 Å². The van der Waals surface area contributed by atoms with Gasteiger partial charge in [-0.05, 0) is 31.4 Å². The largest absolute Gasteiger partial charge is 0.372 e. The minimum Gasteiger partial charge on any atom is -0.372 e. The van der Waals surface area contributed by atoms with Crippen LogP contribution < -0.4 is 5.32 Å². The lowest BCUT2D eigenvalue weighted by atomic mass is 10.2. The standard InChI is InChI=1S/C15H22BrNO/c1-12(10-17-14-7-3-4-8-14)18-11-13-6-2-5-9-15(13)16/h2,5-6,9,12,14,17H,3-4,7-8,10-11H2,1H3. The molecular formula is C15H22BrNO. The second-order valence-corrected chi connectivity index (χ2v) is 5.96. The van der Waals surface area contributed by atoms with Crippen LogP contribution in [0.3, 0.4) is 0 Å². The van der Waals surface area contributed by atoms with Gasteiger partial charge in [0.1, 0.15) is 0 Å². The van der Waals surface area contributed by atoms with Gasteiger partial charge in [-0.25, -0.2) is 0 Å². The molecule has 0 aliphatic heterocycles. The normalized spacial score (nSPS) is 18.1. The first-order chi connectivity index (χ1) is 8.75. The number of halogens is 1. The zero-order chi connectivity index (χ0) is 12.8. The van der Waals surface area contributed by atoms with Crippen LogP contribution in [0.5, 0.6) is 0 Å². The molecule has 0 radical (unpaired) electrons. The van der Waals surface area contributed by atoms with Crippen molar-refractivity contribution in [1.29, 1.82) is 0 Å². The quantitative estimate of drug-likeness (QED) is 0.860. The third kappa shape index (κ3) is 4.38. The summed E-state index contributed by atoms with van der Waals surface area (Å²) in [6, 6.07) is 8.95. The Morgan fingerprint density at radius 2 is 2.06 bits per heavy atom. The van der Waals surface area contributed by atoms with E-state index in [2.05, 4.69) is 40.3 Å². The van der Waals surface area contributed by atoms with Gasteiger partial charge in [0.25, 0.3) is 0 Å². The lowest BCUT2D eigenvalue weighted by molar-refractivity contribution is 0.0511. The van der Waals surface area contributed by atoms with Gasteiger partial charge in [-0.2, -0.15) is 0 Å². The van der Waals surface area contributed by atoms with Gasteiger partial charge >= 0.3 is 0 Å². The molecular weight excluding hydrogens is 290 g/mol. The van der Waals surface area contributed by atoms with E-state index in [1.54, 1.807) is 0 Å². The molecule has 1 N–H and O–H groups in total. The van der Waals surface area contributed by atoms with Crippen LogP contribution in [0, 0.1) is 0 Å². The second kappa shape index (κ2) is 7.27. The molecule has 0 aromatic heterocycles. The molecule has 0 heterocycles. The van der Waals surface area contributed by atoms with Crippen LogP contribution in [0.25, 0.3) is 0 Å². The van der Waals surface area contributed by atoms with Crippen molar-refractivity contribution in [1.82, 2.24) is 5.32 Å². The highest BCUT2D eigenvalue weighted by molar-refractivity contribution is 9.10. The van der Waals surface area contributed by atoms with Crippen LogP contribution in [-0.4, -0.2) is 18.7 Å². The number of hydrogen-bond donors (Lipinski definition) is 1. The molecule has 100 valence electrons. The Morgan fingerprint density at radius 3 is 2.78 bits per heavy atom. The fourth-order valence-corrected chi connectivity index (χ4v) is 2.77. The summed E-state index contributed by atoms with van der Waals surface area (Å²) in [5, 5.41) is 3.60. The molecule has 18 heavy (non-hydrogen) atoms. The maximum atomic E-state index is 5.88. The summed E-state index contributed by atoms with van der Waals surface area (Å²) in [5.74, 6) is 0. The maximum absolute atomic E-state index is 5.88. The zero-order valence-corrected chi connectivity index (χ0v) is 12.6. The van der Waals surface area contributed by atoms with E-state index in [9.17, 15) is 0 Å². The summed E-state index contributed by atoms with van der Waals surface area (Å²) >= 11 is 3.54. The number of ether oxygens (including phenoxy) is 1. The summed E-state index contributed by atoms with van der Waals surface area (Å²) in [5.41, 5.74) is 1.21. The Kier molecular flexibility index (Phi) is 5.67. The van der Waals surface area contributed by atoms with Crippen molar-refractivity contribution < 1.29 is 4.74 Å². The Morgan fingerprint density at radius 1 is 1.33 bits per heavy atom. The molecule has 0 bridgehead atoms. The smallest absolute Gasteiger partial charge is 0.0732 e. The summed E-state index contributed by atoms with van der Waals surface area (Å²) in [6.45, 7) is 3.77. The first-order valence-electron chi connectivity index (χ1n) is 6.84. The van der Waals surface area contributed by atoms with Crippen LogP contribution in [0.1, 0.15) is 38.2 Å². The molecule has 2 nitrogen and oxygen atoms in total. The molecule has 1 fully saturated rings. The number of nitrogens with one attached hydrogen (secondary N) is 1. The van der Waals surface area contributed by atoms with Crippen LogP contribution in [0.4, 0.5) is 0 Å². The minimum atomic E-state index is 0.262. The predicted molar refractivity (Wildman–Crippen MR) is 78.7 cm³/mol. The van der Waals surface area contributed by atoms with Crippen molar-refractivity contribution in [3.05, 3.63) is 34.3 Å². The molecule has 0 amide bonds. The molecule has 1 aliphatic rings. The van der Waals surface area contributed by atoms with Crippen LogP contribution in [0.2, 0.25) is 0 Å². The van der Waals surface area contributed by atoms with Crippen molar-refractivity contribution >= 4 is 15.9 Å². The van der Waals surface area contributed by atoms with Gasteiger partial charge in [-0.3, -0.25) is 0 Å². The van der Waals surface area contributed by atoms with Crippen molar-refractivity contribution in [3.8, 4) is 0 Å². The number of rotatable bonds is 6. The van der Waals surface area contributed by atoms with Gasteiger partial charge < -0.3 is 10.1 Å². The van der Waals surface area contributed by atoms with Gasteiger partial charge in [0.05, 0.1) is 12.7 Å². The van der Waals surface area contributed by atoms with Gasteiger partial charge in [0.2, 0.25) is 0 Å². The Labute approximate surface area is 118 Å². The van der Waals surface area contributed by atoms with E-state index < -0.39 is 0 Å². The second-order valence-electron chi connectivity index (χ2n) is 5.10. The first kappa shape index (κ1) is 14.0. The highest BCUT2D eigenvalue weighted by atomic mass is 79.9. The van der Waals surface area contributed by atoms with Crippen molar-refractivity contribution in [3.63, 3.8) is 0 Å². The third-order valence-corrected chi connectivity index (χ3v) is 4.30. The van der Waals surface area contributed by atoms with E-state index in [0.29, 0.717) is 6.61 Å². The molecule has 1 saturated carbocycles. The molecule has 1 aromatic rings. The third-order valence-electron chi connectivity index (χ3n) is 3.53. The molecule has 1 unspecified atom stereocenters. The summed E-state index contributed by atoms with van der Waals surface area (Å²) in [4.78, 5) is 0. The molecule has 0 saturated heterocycles. The van der Waals surface area contributed by atoms with Gasteiger partial charge in [-0.15, -0.1) is 0 Å². The highest BCUT2D eigenvalue weighted by Crippen LogP contribution is 2.18. The monoisotopic (exact) mass is 311 g/mol. The molecule has 3 heteroatoms. The minimum absolute atomic E-state index is 0.262. The van der Waals surface area contributed by atoms with Gasteiger partial charge in [0.15, 0.2) is 0 Å². The molecule has 2 rings (SSSR count). The van der Waals surface area contributed by atoms with E-state index in [-0.39, 0.29) is 6.10 Å².